The van der Waals surface area contributed by atoms with Crippen LogP contribution in [0.1, 0.15) is 24.9 Å². The second-order valence-corrected chi connectivity index (χ2v) is 8.36. The standard InChI is InChI=1S/C25H31N3O3/c1-20(21-8-4-2-5-9-21)28-19-22(18-24(28)29)25(30)27-14-12-26(13-15-27)16-17-31-23-10-6-3-7-11-23/h2-11,20,22H,12-19H2,1H3. The van der Waals surface area contributed by atoms with E-state index < -0.39 is 0 Å². The number of para-hydroxylation sites is 1. The molecule has 0 bridgehead atoms. The van der Waals surface area contributed by atoms with Crippen LogP contribution in [0.15, 0.2) is 60.7 Å². The van der Waals surface area contributed by atoms with Crippen molar-refractivity contribution in [2.75, 3.05) is 45.9 Å². The first-order valence-corrected chi connectivity index (χ1v) is 11.1. The molecular formula is C25H31N3O3. The number of likely N-dealkylation sites (tertiary alicyclic amines) is 1. The van der Waals surface area contributed by atoms with Crippen LogP contribution in [0.2, 0.25) is 0 Å². The predicted octanol–water partition coefficient (Wildman–Crippen LogP) is 2.82. The van der Waals surface area contributed by atoms with Gasteiger partial charge in [0, 0.05) is 45.7 Å². The Labute approximate surface area is 184 Å². The van der Waals surface area contributed by atoms with E-state index in [1.165, 1.54) is 0 Å². The van der Waals surface area contributed by atoms with Crippen molar-refractivity contribution in [1.29, 1.82) is 0 Å². The van der Waals surface area contributed by atoms with E-state index in [2.05, 4.69) is 4.90 Å². The van der Waals surface area contributed by atoms with E-state index in [4.69, 9.17) is 4.74 Å². The van der Waals surface area contributed by atoms with Gasteiger partial charge in [-0.25, -0.2) is 0 Å². The molecular weight excluding hydrogens is 390 g/mol. The smallest absolute Gasteiger partial charge is 0.228 e. The minimum atomic E-state index is -0.230. The molecule has 2 atom stereocenters. The number of rotatable bonds is 7. The monoisotopic (exact) mass is 421 g/mol. The Bertz CT molecular complexity index is 866. The average molecular weight is 422 g/mol. The molecule has 0 radical (unpaired) electrons. The number of amides is 2. The van der Waals surface area contributed by atoms with E-state index in [0.29, 0.717) is 32.7 Å². The van der Waals surface area contributed by atoms with Gasteiger partial charge in [-0.2, -0.15) is 0 Å². The van der Waals surface area contributed by atoms with Gasteiger partial charge < -0.3 is 14.5 Å². The molecule has 0 spiro atoms. The van der Waals surface area contributed by atoms with Crippen molar-refractivity contribution < 1.29 is 14.3 Å². The maximum absolute atomic E-state index is 13.1. The zero-order chi connectivity index (χ0) is 21.6. The van der Waals surface area contributed by atoms with Gasteiger partial charge >= 0.3 is 0 Å². The lowest BCUT2D eigenvalue weighted by molar-refractivity contribution is -0.137. The van der Waals surface area contributed by atoms with Gasteiger partial charge in [0.1, 0.15) is 12.4 Å². The predicted molar refractivity (Wildman–Crippen MR) is 120 cm³/mol. The highest BCUT2D eigenvalue weighted by Gasteiger charge is 2.39. The van der Waals surface area contributed by atoms with E-state index in [1.54, 1.807) is 0 Å². The minimum Gasteiger partial charge on any atom is -0.492 e. The summed E-state index contributed by atoms with van der Waals surface area (Å²) in [4.78, 5) is 31.8. The number of benzene rings is 2. The quantitative estimate of drug-likeness (QED) is 0.690. The van der Waals surface area contributed by atoms with E-state index in [-0.39, 0.29) is 23.8 Å². The molecule has 0 N–H and O–H groups in total. The molecule has 0 aliphatic carbocycles. The van der Waals surface area contributed by atoms with E-state index in [0.717, 1.165) is 30.9 Å². The Hall–Kier alpha value is -2.86. The molecule has 6 nitrogen and oxygen atoms in total. The Kier molecular flexibility index (Phi) is 6.87. The number of ether oxygens (including phenoxy) is 1. The Balaban J connectivity index is 1.23. The zero-order valence-corrected chi connectivity index (χ0v) is 18.2. The number of hydrogen-bond acceptors (Lipinski definition) is 4. The van der Waals surface area contributed by atoms with Gasteiger partial charge in [0.2, 0.25) is 11.8 Å². The molecule has 2 amide bonds. The van der Waals surface area contributed by atoms with Crippen LogP contribution in [-0.4, -0.2) is 72.4 Å². The Morgan fingerprint density at radius 3 is 2.32 bits per heavy atom. The number of carbonyl (C=O) groups excluding carboxylic acids is 2. The van der Waals surface area contributed by atoms with Gasteiger partial charge in [0.15, 0.2) is 0 Å². The molecule has 2 aromatic carbocycles. The molecule has 2 unspecified atom stereocenters. The summed E-state index contributed by atoms with van der Waals surface area (Å²) in [5.74, 6) is 0.853. The van der Waals surface area contributed by atoms with Crippen molar-refractivity contribution in [3.05, 3.63) is 66.2 Å². The summed E-state index contributed by atoms with van der Waals surface area (Å²) in [5, 5.41) is 0. The summed E-state index contributed by atoms with van der Waals surface area (Å²) < 4.78 is 5.78. The van der Waals surface area contributed by atoms with Crippen molar-refractivity contribution in [2.24, 2.45) is 5.92 Å². The summed E-state index contributed by atoms with van der Waals surface area (Å²) in [6.45, 7) is 7.15. The molecule has 4 rings (SSSR count). The minimum absolute atomic E-state index is 0.00652. The third kappa shape index (κ3) is 5.25. The molecule has 31 heavy (non-hydrogen) atoms. The molecule has 2 aliphatic heterocycles. The van der Waals surface area contributed by atoms with Crippen LogP contribution in [0.5, 0.6) is 5.75 Å². The molecule has 0 aromatic heterocycles. The third-order valence-corrected chi connectivity index (χ3v) is 6.36. The molecule has 164 valence electrons. The second kappa shape index (κ2) is 9.96. The van der Waals surface area contributed by atoms with Crippen molar-refractivity contribution in [3.8, 4) is 5.75 Å². The van der Waals surface area contributed by atoms with E-state index in [1.807, 2.05) is 77.4 Å². The molecule has 0 saturated carbocycles. The Morgan fingerprint density at radius 2 is 1.65 bits per heavy atom. The first-order chi connectivity index (χ1) is 15.1. The number of carbonyl (C=O) groups is 2. The van der Waals surface area contributed by atoms with Crippen LogP contribution >= 0.6 is 0 Å². The first kappa shape index (κ1) is 21.4. The molecule has 2 aliphatic rings. The highest BCUT2D eigenvalue weighted by atomic mass is 16.5. The fourth-order valence-corrected chi connectivity index (χ4v) is 4.44. The molecule has 2 saturated heterocycles. The summed E-state index contributed by atoms with van der Waals surface area (Å²) >= 11 is 0. The van der Waals surface area contributed by atoms with Crippen LogP contribution < -0.4 is 4.74 Å². The van der Waals surface area contributed by atoms with Crippen LogP contribution in [0.25, 0.3) is 0 Å². The SMILES string of the molecule is CC(c1ccccc1)N1CC(C(=O)N2CCN(CCOc3ccccc3)CC2)CC1=O. The van der Waals surface area contributed by atoms with Gasteiger partial charge in [0.25, 0.3) is 0 Å². The fourth-order valence-electron chi connectivity index (χ4n) is 4.44. The lowest BCUT2D eigenvalue weighted by Gasteiger charge is -2.35. The maximum atomic E-state index is 13.1. The fraction of sp³-hybridized carbons (Fsp3) is 0.440. The maximum Gasteiger partial charge on any atom is 0.228 e. The third-order valence-electron chi connectivity index (χ3n) is 6.36. The Morgan fingerprint density at radius 1 is 1.00 bits per heavy atom. The van der Waals surface area contributed by atoms with Crippen LogP contribution in [-0.2, 0) is 9.59 Å². The van der Waals surface area contributed by atoms with Crippen LogP contribution in [0.4, 0.5) is 0 Å². The second-order valence-electron chi connectivity index (χ2n) is 8.36. The van der Waals surface area contributed by atoms with E-state index in [9.17, 15) is 9.59 Å². The number of piperazine rings is 1. The van der Waals surface area contributed by atoms with Gasteiger partial charge in [-0.05, 0) is 24.6 Å². The van der Waals surface area contributed by atoms with Gasteiger partial charge in [-0.15, -0.1) is 0 Å². The number of nitrogens with zero attached hydrogens (tertiary/aromatic N) is 3. The van der Waals surface area contributed by atoms with Crippen molar-refractivity contribution >= 4 is 11.8 Å². The van der Waals surface area contributed by atoms with Gasteiger partial charge in [-0.1, -0.05) is 48.5 Å². The number of hydrogen-bond donors (Lipinski definition) is 0. The first-order valence-electron chi connectivity index (χ1n) is 11.1. The molecule has 2 fully saturated rings. The van der Waals surface area contributed by atoms with Crippen LogP contribution in [0, 0.1) is 5.92 Å². The lowest BCUT2D eigenvalue weighted by Crippen LogP contribution is -2.51. The summed E-state index contributed by atoms with van der Waals surface area (Å²) in [6, 6.07) is 19.8. The summed E-state index contributed by atoms with van der Waals surface area (Å²) in [6.07, 6.45) is 0.321. The molecule has 2 heterocycles. The van der Waals surface area contributed by atoms with Crippen molar-refractivity contribution in [3.63, 3.8) is 0 Å². The molecule has 6 heteroatoms. The highest BCUT2D eigenvalue weighted by Crippen LogP contribution is 2.29. The topological polar surface area (TPSA) is 53.1 Å². The van der Waals surface area contributed by atoms with Crippen molar-refractivity contribution in [2.45, 2.75) is 19.4 Å². The average Bonchev–Trinajstić information content (AvgIpc) is 3.21. The molecule has 2 aromatic rings. The summed E-state index contributed by atoms with van der Waals surface area (Å²) in [7, 11) is 0. The van der Waals surface area contributed by atoms with Crippen molar-refractivity contribution in [1.82, 2.24) is 14.7 Å². The lowest BCUT2D eigenvalue weighted by atomic mass is 10.1. The highest BCUT2D eigenvalue weighted by molar-refractivity contribution is 5.89. The van der Waals surface area contributed by atoms with Crippen LogP contribution in [0.3, 0.4) is 0 Å². The normalized spacial score (nSPS) is 20.7. The summed E-state index contributed by atoms with van der Waals surface area (Å²) in [5.41, 5.74) is 1.11. The largest absolute Gasteiger partial charge is 0.492 e. The zero-order valence-electron chi connectivity index (χ0n) is 18.2. The van der Waals surface area contributed by atoms with E-state index >= 15 is 0 Å². The van der Waals surface area contributed by atoms with Gasteiger partial charge in [0.05, 0.1) is 12.0 Å². The van der Waals surface area contributed by atoms with Gasteiger partial charge in [-0.3, -0.25) is 14.5 Å².